The molecule has 1 aromatic carbocycles. The van der Waals surface area contributed by atoms with Crippen LogP contribution in [-0.4, -0.2) is 23.3 Å². The Balaban J connectivity index is 2.25. The summed E-state index contributed by atoms with van der Waals surface area (Å²) >= 11 is 0. The van der Waals surface area contributed by atoms with Gasteiger partial charge >= 0.3 is 5.97 Å². The SMILES string of the molecule is CC(CCc1ccccc1)OC(C)CC(=O)O. The van der Waals surface area contributed by atoms with Gasteiger partial charge in [0, 0.05) is 0 Å². The van der Waals surface area contributed by atoms with E-state index in [9.17, 15) is 4.79 Å². The first-order chi connectivity index (χ1) is 8.08. The van der Waals surface area contributed by atoms with E-state index in [4.69, 9.17) is 9.84 Å². The van der Waals surface area contributed by atoms with Crippen LogP contribution >= 0.6 is 0 Å². The van der Waals surface area contributed by atoms with Crippen molar-refractivity contribution in [1.82, 2.24) is 0 Å². The molecule has 0 aliphatic heterocycles. The van der Waals surface area contributed by atoms with Crippen LogP contribution < -0.4 is 0 Å². The standard InChI is InChI=1S/C14H20O3/c1-11(17-12(2)10-14(15)16)8-9-13-6-4-3-5-7-13/h3-7,11-12H,8-10H2,1-2H3,(H,15,16). The van der Waals surface area contributed by atoms with Crippen LogP contribution in [0.3, 0.4) is 0 Å². The Kier molecular flexibility index (Phi) is 5.70. The lowest BCUT2D eigenvalue weighted by molar-refractivity contribution is -0.140. The quantitative estimate of drug-likeness (QED) is 0.791. The van der Waals surface area contributed by atoms with Crippen molar-refractivity contribution >= 4 is 5.97 Å². The minimum Gasteiger partial charge on any atom is -0.481 e. The van der Waals surface area contributed by atoms with Crippen molar-refractivity contribution in [2.45, 2.75) is 45.3 Å². The molecule has 0 radical (unpaired) electrons. The molecule has 2 unspecified atom stereocenters. The van der Waals surface area contributed by atoms with Gasteiger partial charge in [0.1, 0.15) is 0 Å². The van der Waals surface area contributed by atoms with Crippen molar-refractivity contribution in [2.24, 2.45) is 0 Å². The van der Waals surface area contributed by atoms with Crippen LogP contribution in [0.2, 0.25) is 0 Å². The normalized spacial score (nSPS) is 14.2. The molecule has 0 bridgehead atoms. The summed E-state index contributed by atoms with van der Waals surface area (Å²) in [6.07, 6.45) is 1.80. The Morgan fingerprint density at radius 1 is 1.24 bits per heavy atom. The highest BCUT2D eigenvalue weighted by atomic mass is 16.5. The summed E-state index contributed by atoms with van der Waals surface area (Å²) in [5, 5.41) is 8.62. The van der Waals surface area contributed by atoms with E-state index in [0.29, 0.717) is 0 Å². The zero-order chi connectivity index (χ0) is 12.7. The molecule has 94 valence electrons. The number of rotatable bonds is 7. The van der Waals surface area contributed by atoms with Gasteiger partial charge in [-0.15, -0.1) is 0 Å². The number of benzene rings is 1. The predicted molar refractivity (Wildman–Crippen MR) is 67.0 cm³/mol. The number of ether oxygens (including phenoxy) is 1. The summed E-state index contributed by atoms with van der Waals surface area (Å²) in [4.78, 5) is 10.5. The average Bonchev–Trinajstić information content (AvgIpc) is 2.26. The third-order valence-electron chi connectivity index (χ3n) is 2.61. The zero-order valence-electron chi connectivity index (χ0n) is 10.4. The van der Waals surface area contributed by atoms with Crippen LogP contribution in [0.25, 0.3) is 0 Å². The molecular weight excluding hydrogens is 216 g/mol. The first-order valence-electron chi connectivity index (χ1n) is 5.99. The predicted octanol–water partition coefficient (Wildman–Crippen LogP) is 2.89. The van der Waals surface area contributed by atoms with Gasteiger partial charge in [-0.1, -0.05) is 30.3 Å². The van der Waals surface area contributed by atoms with Crippen LogP contribution in [0, 0.1) is 0 Å². The van der Waals surface area contributed by atoms with Gasteiger partial charge in [-0.3, -0.25) is 4.79 Å². The molecule has 2 atom stereocenters. The third-order valence-corrected chi connectivity index (χ3v) is 2.61. The lowest BCUT2D eigenvalue weighted by Gasteiger charge is -2.17. The molecule has 0 spiro atoms. The first kappa shape index (κ1) is 13.7. The molecular formula is C14H20O3. The van der Waals surface area contributed by atoms with E-state index >= 15 is 0 Å². The Morgan fingerprint density at radius 2 is 1.88 bits per heavy atom. The fourth-order valence-electron chi connectivity index (χ4n) is 1.77. The summed E-state index contributed by atoms with van der Waals surface area (Å²) in [6.45, 7) is 3.79. The minimum atomic E-state index is -0.812. The van der Waals surface area contributed by atoms with Crippen molar-refractivity contribution in [3.63, 3.8) is 0 Å². The maximum absolute atomic E-state index is 10.5. The molecule has 3 heteroatoms. The number of aryl methyl sites for hydroxylation is 1. The number of carboxylic acids is 1. The van der Waals surface area contributed by atoms with Crippen LogP contribution in [0.4, 0.5) is 0 Å². The Labute approximate surface area is 102 Å². The molecule has 1 N–H and O–H groups in total. The van der Waals surface area contributed by atoms with Crippen molar-refractivity contribution in [3.05, 3.63) is 35.9 Å². The van der Waals surface area contributed by atoms with E-state index in [2.05, 4.69) is 12.1 Å². The maximum atomic E-state index is 10.5. The highest BCUT2D eigenvalue weighted by molar-refractivity contribution is 5.67. The largest absolute Gasteiger partial charge is 0.481 e. The second kappa shape index (κ2) is 7.07. The molecule has 0 aromatic heterocycles. The number of aliphatic carboxylic acids is 1. The van der Waals surface area contributed by atoms with Gasteiger partial charge in [0.25, 0.3) is 0 Å². The van der Waals surface area contributed by atoms with Crippen molar-refractivity contribution < 1.29 is 14.6 Å². The van der Waals surface area contributed by atoms with Gasteiger partial charge in [-0.05, 0) is 32.3 Å². The number of carbonyl (C=O) groups is 1. The van der Waals surface area contributed by atoms with Gasteiger partial charge in [-0.2, -0.15) is 0 Å². The summed E-state index contributed by atoms with van der Waals surface area (Å²) in [5.74, 6) is -0.812. The molecule has 0 amide bonds. The highest BCUT2D eigenvalue weighted by Gasteiger charge is 2.11. The van der Waals surface area contributed by atoms with Crippen LogP contribution in [0.5, 0.6) is 0 Å². The van der Waals surface area contributed by atoms with E-state index in [-0.39, 0.29) is 18.6 Å². The van der Waals surface area contributed by atoms with Gasteiger partial charge in [0.15, 0.2) is 0 Å². The smallest absolute Gasteiger partial charge is 0.305 e. The van der Waals surface area contributed by atoms with Gasteiger partial charge in [0.2, 0.25) is 0 Å². The van der Waals surface area contributed by atoms with Crippen molar-refractivity contribution in [1.29, 1.82) is 0 Å². The zero-order valence-corrected chi connectivity index (χ0v) is 10.4. The molecule has 17 heavy (non-hydrogen) atoms. The van der Waals surface area contributed by atoms with E-state index in [1.165, 1.54) is 5.56 Å². The van der Waals surface area contributed by atoms with E-state index in [1.807, 2.05) is 25.1 Å². The molecule has 0 saturated heterocycles. The van der Waals surface area contributed by atoms with E-state index in [0.717, 1.165) is 12.8 Å². The summed E-state index contributed by atoms with van der Waals surface area (Å²) in [7, 11) is 0. The molecule has 0 heterocycles. The van der Waals surface area contributed by atoms with Crippen molar-refractivity contribution in [2.75, 3.05) is 0 Å². The highest BCUT2D eigenvalue weighted by Crippen LogP contribution is 2.10. The Hall–Kier alpha value is -1.35. The monoisotopic (exact) mass is 236 g/mol. The molecule has 1 aromatic rings. The molecule has 0 aliphatic carbocycles. The fraction of sp³-hybridized carbons (Fsp3) is 0.500. The second-order valence-electron chi connectivity index (χ2n) is 4.38. The number of hydrogen-bond donors (Lipinski definition) is 1. The van der Waals surface area contributed by atoms with E-state index in [1.54, 1.807) is 6.92 Å². The summed E-state index contributed by atoms with van der Waals surface area (Å²) < 4.78 is 5.60. The number of carboxylic acid groups (broad SMARTS) is 1. The van der Waals surface area contributed by atoms with Crippen LogP contribution in [0.15, 0.2) is 30.3 Å². The second-order valence-corrected chi connectivity index (χ2v) is 4.38. The van der Waals surface area contributed by atoms with Gasteiger partial charge in [-0.25, -0.2) is 0 Å². The average molecular weight is 236 g/mol. The lowest BCUT2D eigenvalue weighted by atomic mass is 10.1. The Bertz CT molecular complexity index is 335. The fourth-order valence-corrected chi connectivity index (χ4v) is 1.77. The lowest BCUT2D eigenvalue weighted by Crippen LogP contribution is -2.20. The molecule has 1 rings (SSSR count). The topological polar surface area (TPSA) is 46.5 Å². The third kappa shape index (κ3) is 6.07. The molecule has 0 aliphatic rings. The van der Waals surface area contributed by atoms with Crippen molar-refractivity contribution in [3.8, 4) is 0 Å². The first-order valence-corrected chi connectivity index (χ1v) is 5.99. The van der Waals surface area contributed by atoms with Gasteiger partial charge in [0.05, 0.1) is 18.6 Å². The maximum Gasteiger partial charge on any atom is 0.305 e. The van der Waals surface area contributed by atoms with Crippen LogP contribution in [-0.2, 0) is 16.0 Å². The van der Waals surface area contributed by atoms with E-state index < -0.39 is 5.97 Å². The molecule has 3 nitrogen and oxygen atoms in total. The number of hydrogen-bond acceptors (Lipinski definition) is 2. The summed E-state index contributed by atoms with van der Waals surface area (Å²) in [5.41, 5.74) is 1.29. The summed E-state index contributed by atoms with van der Waals surface area (Å²) in [6, 6.07) is 10.2. The molecule has 0 saturated carbocycles. The van der Waals surface area contributed by atoms with Crippen LogP contribution in [0.1, 0.15) is 32.3 Å². The molecule has 0 fully saturated rings. The Morgan fingerprint density at radius 3 is 2.47 bits per heavy atom. The minimum absolute atomic E-state index is 0.0652. The van der Waals surface area contributed by atoms with Gasteiger partial charge < -0.3 is 9.84 Å².